The fourth-order valence-corrected chi connectivity index (χ4v) is 2.71. The minimum absolute atomic E-state index is 0.272. The van der Waals surface area contributed by atoms with Crippen LogP contribution >= 0.6 is 0 Å². The molecule has 0 bridgehead atoms. The van der Waals surface area contributed by atoms with Gasteiger partial charge in [-0.15, -0.1) is 0 Å². The van der Waals surface area contributed by atoms with Gasteiger partial charge in [-0.05, 0) is 24.8 Å². The Morgan fingerprint density at radius 1 is 1.06 bits per heavy atom. The molecule has 0 amide bonds. The van der Waals surface area contributed by atoms with Gasteiger partial charge in [0.2, 0.25) is 5.95 Å². The van der Waals surface area contributed by atoms with E-state index in [4.69, 9.17) is 11.5 Å². The van der Waals surface area contributed by atoms with Crippen molar-refractivity contribution in [3.63, 3.8) is 0 Å². The molecule has 0 spiro atoms. The molecule has 4 nitrogen and oxygen atoms in total. The highest BCUT2D eigenvalue weighted by atomic mass is 15.0. The summed E-state index contributed by atoms with van der Waals surface area (Å²) in [5.41, 5.74) is 15.0. The molecule has 1 aliphatic rings. The van der Waals surface area contributed by atoms with Gasteiger partial charge < -0.3 is 11.5 Å². The zero-order valence-electron chi connectivity index (χ0n) is 10.1. The van der Waals surface area contributed by atoms with Gasteiger partial charge in [-0.3, -0.25) is 0 Å². The Balaban J connectivity index is 2.12. The Bertz CT molecular complexity index is 566. The molecule has 0 saturated heterocycles. The van der Waals surface area contributed by atoms with Crippen molar-refractivity contribution in [3.05, 3.63) is 47.2 Å². The van der Waals surface area contributed by atoms with Crippen molar-refractivity contribution in [2.24, 2.45) is 0 Å². The average molecular weight is 240 g/mol. The van der Waals surface area contributed by atoms with Gasteiger partial charge in [0.1, 0.15) is 5.82 Å². The minimum Gasteiger partial charge on any atom is -0.383 e. The molecule has 18 heavy (non-hydrogen) atoms. The molecule has 92 valence electrons. The molecule has 1 aromatic carbocycles. The third-order valence-electron chi connectivity index (χ3n) is 3.54. The second-order valence-electron chi connectivity index (χ2n) is 4.69. The van der Waals surface area contributed by atoms with Crippen molar-refractivity contribution in [3.8, 4) is 0 Å². The Hall–Kier alpha value is -2.10. The van der Waals surface area contributed by atoms with E-state index in [2.05, 4.69) is 34.2 Å². The normalized spacial score (nSPS) is 18.3. The molecule has 0 radical (unpaired) electrons. The average Bonchev–Trinajstić information content (AvgIpc) is 2.39. The summed E-state index contributed by atoms with van der Waals surface area (Å²) in [6.45, 7) is 0. The van der Waals surface area contributed by atoms with Crippen molar-refractivity contribution in [1.82, 2.24) is 9.97 Å². The van der Waals surface area contributed by atoms with Crippen LogP contribution in [0.3, 0.4) is 0 Å². The molecule has 3 rings (SSSR count). The van der Waals surface area contributed by atoms with Gasteiger partial charge in [-0.2, -0.15) is 4.98 Å². The van der Waals surface area contributed by atoms with Gasteiger partial charge in [-0.25, -0.2) is 4.98 Å². The molecule has 1 aliphatic carbocycles. The van der Waals surface area contributed by atoms with Crippen LogP contribution in [0.1, 0.15) is 35.6 Å². The highest BCUT2D eigenvalue weighted by molar-refractivity contribution is 5.50. The topological polar surface area (TPSA) is 77.8 Å². The molecule has 2 aromatic rings. The Labute approximate surface area is 106 Å². The number of hydrogen-bond donors (Lipinski definition) is 2. The molecule has 1 unspecified atom stereocenters. The minimum atomic E-state index is 0.272. The molecule has 4 heteroatoms. The molecule has 0 saturated carbocycles. The Morgan fingerprint density at radius 2 is 1.83 bits per heavy atom. The lowest BCUT2D eigenvalue weighted by molar-refractivity contribution is 0.598. The molecule has 1 atom stereocenters. The van der Waals surface area contributed by atoms with Crippen LogP contribution in [0.15, 0.2) is 30.3 Å². The van der Waals surface area contributed by atoms with Crippen LogP contribution < -0.4 is 11.5 Å². The van der Waals surface area contributed by atoms with E-state index in [-0.39, 0.29) is 5.95 Å². The zero-order chi connectivity index (χ0) is 12.5. The van der Waals surface area contributed by atoms with E-state index < -0.39 is 0 Å². The predicted molar refractivity (Wildman–Crippen MR) is 72.1 cm³/mol. The molecular weight excluding hydrogens is 224 g/mol. The molecular formula is C14H16N4. The van der Waals surface area contributed by atoms with E-state index in [1.54, 1.807) is 0 Å². The van der Waals surface area contributed by atoms with Crippen LogP contribution in [-0.4, -0.2) is 9.97 Å². The zero-order valence-corrected chi connectivity index (χ0v) is 10.1. The van der Waals surface area contributed by atoms with Crippen LogP contribution in [0.25, 0.3) is 0 Å². The monoisotopic (exact) mass is 240 g/mol. The van der Waals surface area contributed by atoms with Crippen LogP contribution in [0.2, 0.25) is 0 Å². The van der Waals surface area contributed by atoms with Crippen LogP contribution in [-0.2, 0) is 6.42 Å². The van der Waals surface area contributed by atoms with Crippen LogP contribution in [0, 0.1) is 0 Å². The van der Waals surface area contributed by atoms with Gasteiger partial charge in [-0.1, -0.05) is 30.3 Å². The van der Waals surface area contributed by atoms with Crippen molar-refractivity contribution >= 4 is 11.8 Å². The summed E-state index contributed by atoms with van der Waals surface area (Å²) in [6, 6.07) is 10.4. The number of nitrogens with two attached hydrogens (primary N) is 2. The van der Waals surface area contributed by atoms with Crippen LogP contribution in [0.5, 0.6) is 0 Å². The summed E-state index contributed by atoms with van der Waals surface area (Å²) >= 11 is 0. The number of fused-ring (bicyclic) bond motifs is 1. The SMILES string of the molecule is Nc1nc(N)c2c(n1)C(c1ccccc1)CCC2. The van der Waals surface area contributed by atoms with E-state index in [1.165, 1.54) is 5.56 Å². The number of rotatable bonds is 1. The molecule has 1 aromatic heterocycles. The van der Waals surface area contributed by atoms with Crippen molar-refractivity contribution in [2.45, 2.75) is 25.2 Å². The number of hydrogen-bond acceptors (Lipinski definition) is 4. The first-order chi connectivity index (χ1) is 8.75. The fourth-order valence-electron chi connectivity index (χ4n) is 2.71. The Morgan fingerprint density at radius 3 is 2.61 bits per heavy atom. The molecule has 0 aliphatic heterocycles. The smallest absolute Gasteiger partial charge is 0.222 e. The summed E-state index contributed by atoms with van der Waals surface area (Å²) in [5, 5.41) is 0. The lowest BCUT2D eigenvalue weighted by atomic mass is 9.82. The molecule has 1 heterocycles. The number of nitrogen functional groups attached to an aromatic ring is 2. The summed E-state index contributed by atoms with van der Waals surface area (Å²) in [7, 11) is 0. The number of anilines is 2. The highest BCUT2D eigenvalue weighted by Gasteiger charge is 2.25. The quantitative estimate of drug-likeness (QED) is 0.800. The highest BCUT2D eigenvalue weighted by Crippen LogP contribution is 2.37. The summed E-state index contributed by atoms with van der Waals surface area (Å²) in [4.78, 5) is 8.48. The summed E-state index contributed by atoms with van der Waals surface area (Å²) in [5.74, 6) is 1.11. The lowest BCUT2D eigenvalue weighted by Crippen LogP contribution is -2.17. The second-order valence-corrected chi connectivity index (χ2v) is 4.69. The van der Waals surface area contributed by atoms with Crippen molar-refractivity contribution in [2.75, 3.05) is 11.5 Å². The number of aromatic nitrogens is 2. The van der Waals surface area contributed by atoms with E-state index in [9.17, 15) is 0 Å². The fraction of sp³-hybridized carbons (Fsp3) is 0.286. The van der Waals surface area contributed by atoms with Gasteiger partial charge >= 0.3 is 0 Å². The molecule has 0 fully saturated rings. The first kappa shape index (κ1) is 11.0. The third kappa shape index (κ3) is 1.79. The van der Waals surface area contributed by atoms with E-state index in [0.717, 1.165) is 30.5 Å². The first-order valence-electron chi connectivity index (χ1n) is 6.22. The summed E-state index contributed by atoms with van der Waals surface area (Å²) < 4.78 is 0. The lowest BCUT2D eigenvalue weighted by Gasteiger charge is -2.25. The maximum atomic E-state index is 5.95. The maximum absolute atomic E-state index is 5.95. The van der Waals surface area contributed by atoms with Gasteiger partial charge in [0.05, 0.1) is 5.69 Å². The Kier molecular flexibility index (Phi) is 2.63. The first-order valence-corrected chi connectivity index (χ1v) is 6.22. The van der Waals surface area contributed by atoms with Crippen molar-refractivity contribution in [1.29, 1.82) is 0 Å². The maximum Gasteiger partial charge on any atom is 0.222 e. The predicted octanol–water partition coefficient (Wildman–Crippen LogP) is 2.11. The van der Waals surface area contributed by atoms with E-state index >= 15 is 0 Å². The van der Waals surface area contributed by atoms with Gasteiger partial charge in [0.25, 0.3) is 0 Å². The van der Waals surface area contributed by atoms with E-state index in [1.807, 2.05) is 6.07 Å². The number of nitrogens with zero attached hydrogens (tertiary/aromatic N) is 2. The van der Waals surface area contributed by atoms with Gasteiger partial charge in [0.15, 0.2) is 0 Å². The van der Waals surface area contributed by atoms with Crippen molar-refractivity contribution < 1.29 is 0 Å². The molecule has 4 N–H and O–H groups in total. The largest absolute Gasteiger partial charge is 0.383 e. The standard InChI is InChI=1S/C14H16N4/c15-13-11-8-4-7-10(9-5-2-1-3-6-9)12(11)17-14(16)18-13/h1-3,5-6,10H,4,7-8H2,(H4,15,16,17,18). The summed E-state index contributed by atoms with van der Waals surface area (Å²) in [6.07, 6.45) is 3.15. The van der Waals surface area contributed by atoms with E-state index in [0.29, 0.717) is 11.7 Å². The van der Waals surface area contributed by atoms with Crippen LogP contribution in [0.4, 0.5) is 11.8 Å². The van der Waals surface area contributed by atoms with Gasteiger partial charge in [0, 0.05) is 11.5 Å². The number of benzene rings is 1. The third-order valence-corrected chi connectivity index (χ3v) is 3.54. The second kappa shape index (κ2) is 4.29.